The van der Waals surface area contributed by atoms with Gasteiger partial charge in [-0.3, -0.25) is 9.59 Å². The summed E-state index contributed by atoms with van der Waals surface area (Å²) in [5, 5.41) is 0. The minimum atomic E-state index is -4.20. The molecule has 1 fully saturated rings. The van der Waals surface area contributed by atoms with Crippen molar-refractivity contribution in [3.05, 3.63) is 81.6 Å². The van der Waals surface area contributed by atoms with E-state index < -0.39 is 49.9 Å². The van der Waals surface area contributed by atoms with Crippen molar-refractivity contribution in [3.63, 3.8) is 0 Å². The molecule has 4 rings (SSSR count). The Morgan fingerprint density at radius 2 is 1.17 bits per heavy atom. The Kier molecular flexibility index (Phi) is 6.70. The van der Waals surface area contributed by atoms with E-state index in [1.807, 2.05) is 0 Å². The van der Waals surface area contributed by atoms with E-state index in [1.165, 1.54) is 24.3 Å². The van der Waals surface area contributed by atoms with Gasteiger partial charge in [0.05, 0.1) is 33.8 Å². The first kappa shape index (κ1) is 25.8. The van der Waals surface area contributed by atoms with Gasteiger partial charge in [0.15, 0.2) is 5.41 Å². The first-order valence-corrected chi connectivity index (χ1v) is 14.2. The molecule has 0 saturated heterocycles. The Balaban J connectivity index is 2.09. The van der Waals surface area contributed by atoms with Crippen molar-refractivity contribution in [3.8, 4) is 0 Å². The molecule has 0 N–H and O–H groups in total. The standard InChI is InChI=1S/C26H26O8S2/c1-17-14-20-21(35(29,30)18-10-6-4-7-11-18)15-26(24(27)33-2,25(28)34-3)16-22(23(17)20)36(31,32)19-12-8-5-9-13-19/h4-13,17H,14-16H2,1-3H3. The molecule has 1 saturated carbocycles. The van der Waals surface area contributed by atoms with Crippen molar-refractivity contribution < 1.29 is 35.9 Å². The van der Waals surface area contributed by atoms with Crippen LogP contribution in [-0.4, -0.2) is 43.0 Å². The number of sulfone groups is 2. The highest BCUT2D eigenvalue weighted by atomic mass is 32.2. The van der Waals surface area contributed by atoms with Gasteiger partial charge in [-0.15, -0.1) is 0 Å². The van der Waals surface area contributed by atoms with E-state index in [9.17, 15) is 26.4 Å². The maximum atomic E-state index is 13.9. The number of allylic oxidation sites excluding steroid dienone is 4. The lowest BCUT2D eigenvalue weighted by Crippen LogP contribution is -2.42. The molecule has 1 atom stereocenters. The topological polar surface area (TPSA) is 121 Å². The van der Waals surface area contributed by atoms with E-state index >= 15 is 0 Å². The number of carbonyl (C=O) groups is 2. The molecule has 0 bridgehead atoms. The third-order valence-electron chi connectivity index (χ3n) is 6.80. The molecule has 2 aromatic rings. The number of fused-ring (bicyclic) bond motifs is 1. The Labute approximate surface area is 210 Å². The fourth-order valence-electron chi connectivity index (χ4n) is 4.95. The lowest BCUT2D eigenvalue weighted by molar-refractivity contribution is -0.168. The number of hydrogen-bond acceptors (Lipinski definition) is 8. The summed E-state index contributed by atoms with van der Waals surface area (Å²) < 4.78 is 65.3. The summed E-state index contributed by atoms with van der Waals surface area (Å²) in [4.78, 5) is 26.0. The lowest BCUT2D eigenvalue weighted by Gasteiger charge is -2.34. The molecule has 0 amide bonds. The van der Waals surface area contributed by atoms with Crippen LogP contribution in [0.5, 0.6) is 0 Å². The van der Waals surface area contributed by atoms with Gasteiger partial charge < -0.3 is 9.47 Å². The molecule has 2 aliphatic carbocycles. The zero-order valence-corrected chi connectivity index (χ0v) is 21.7. The van der Waals surface area contributed by atoms with Crippen molar-refractivity contribution in [1.29, 1.82) is 0 Å². The van der Waals surface area contributed by atoms with Crippen LogP contribution >= 0.6 is 0 Å². The molecule has 0 spiro atoms. The van der Waals surface area contributed by atoms with E-state index in [2.05, 4.69) is 0 Å². The molecule has 2 aliphatic rings. The second kappa shape index (κ2) is 9.33. The zero-order valence-electron chi connectivity index (χ0n) is 20.1. The molecular formula is C26H26O8S2. The van der Waals surface area contributed by atoms with Crippen LogP contribution in [0.25, 0.3) is 0 Å². The fraction of sp³-hybridized carbons (Fsp3) is 0.308. The lowest BCUT2D eigenvalue weighted by atomic mass is 9.75. The third kappa shape index (κ3) is 3.98. The van der Waals surface area contributed by atoms with Crippen molar-refractivity contribution in [1.82, 2.24) is 0 Å². The summed E-state index contributed by atoms with van der Waals surface area (Å²) in [6.45, 7) is 1.79. The largest absolute Gasteiger partial charge is 0.468 e. The summed E-state index contributed by atoms with van der Waals surface area (Å²) in [7, 11) is -6.27. The molecule has 190 valence electrons. The normalized spacial score (nSPS) is 19.6. The fourth-order valence-corrected chi connectivity index (χ4v) is 8.55. The van der Waals surface area contributed by atoms with Gasteiger partial charge >= 0.3 is 11.9 Å². The maximum Gasteiger partial charge on any atom is 0.323 e. The predicted octanol–water partition coefficient (Wildman–Crippen LogP) is 3.61. The average Bonchev–Trinajstić information content (AvgIpc) is 3.02. The van der Waals surface area contributed by atoms with Crippen LogP contribution in [-0.2, 0) is 38.7 Å². The predicted molar refractivity (Wildman–Crippen MR) is 131 cm³/mol. The average molecular weight is 531 g/mol. The Morgan fingerprint density at radius 1 is 0.750 bits per heavy atom. The van der Waals surface area contributed by atoms with Crippen LogP contribution in [0.3, 0.4) is 0 Å². The van der Waals surface area contributed by atoms with Gasteiger partial charge in [0.1, 0.15) is 0 Å². The highest BCUT2D eigenvalue weighted by molar-refractivity contribution is 7.95. The molecule has 8 nitrogen and oxygen atoms in total. The van der Waals surface area contributed by atoms with Gasteiger partial charge in [0.25, 0.3) is 0 Å². The number of hydrogen-bond donors (Lipinski definition) is 0. The summed E-state index contributed by atoms with van der Waals surface area (Å²) in [6, 6.07) is 15.3. The van der Waals surface area contributed by atoms with Crippen LogP contribution in [0.4, 0.5) is 0 Å². The minimum Gasteiger partial charge on any atom is -0.468 e. The summed E-state index contributed by atoms with van der Waals surface area (Å²) in [5.41, 5.74) is -1.58. The second-order valence-electron chi connectivity index (χ2n) is 8.90. The van der Waals surface area contributed by atoms with Crippen LogP contribution < -0.4 is 0 Å². The van der Waals surface area contributed by atoms with Crippen molar-refractivity contribution in [2.45, 2.75) is 36.0 Å². The van der Waals surface area contributed by atoms with Crippen LogP contribution in [0.2, 0.25) is 0 Å². The Morgan fingerprint density at radius 3 is 1.58 bits per heavy atom. The zero-order chi connectivity index (χ0) is 26.3. The first-order valence-electron chi connectivity index (χ1n) is 11.2. The van der Waals surface area contributed by atoms with Gasteiger partial charge in [-0.25, -0.2) is 16.8 Å². The molecular weight excluding hydrogens is 504 g/mol. The van der Waals surface area contributed by atoms with Crippen LogP contribution in [0, 0.1) is 11.3 Å². The SMILES string of the molecule is COC(=O)C1(C(=O)OC)CC(S(=O)(=O)c2ccccc2)=C2CC(C)C2=C(S(=O)(=O)c2ccccc2)C1. The summed E-state index contributed by atoms with van der Waals surface area (Å²) in [5.74, 6) is -2.43. The van der Waals surface area contributed by atoms with Gasteiger partial charge in [-0.05, 0) is 47.8 Å². The van der Waals surface area contributed by atoms with Gasteiger partial charge in [0.2, 0.25) is 19.7 Å². The van der Waals surface area contributed by atoms with E-state index in [0.29, 0.717) is 11.1 Å². The van der Waals surface area contributed by atoms with Crippen molar-refractivity contribution in [2.75, 3.05) is 14.2 Å². The van der Waals surface area contributed by atoms with Crippen molar-refractivity contribution >= 4 is 31.6 Å². The number of methoxy groups -OCH3 is 2. The van der Waals surface area contributed by atoms with Crippen molar-refractivity contribution in [2.24, 2.45) is 11.3 Å². The number of benzene rings is 2. The van der Waals surface area contributed by atoms with Gasteiger partial charge in [-0.1, -0.05) is 43.3 Å². The van der Waals surface area contributed by atoms with E-state index in [0.717, 1.165) is 14.2 Å². The highest BCUT2D eigenvalue weighted by Crippen LogP contribution is 2.55. The molecule has 0 radical (unpaired) electrons. The molecule has 10 heteroatoms. The third-order valence-corrected chi connectivity index (χ3v) is 10.6. The number of rotatable bonds is 6. The molecule has 0 aliphatic heterocycles. The number of esters is 2. The smallest absolute Gasteiger partial charge is 0.323 e. The molecule has 0 heterocycles. The maximum absolute atomic E-state index is 13.9. The summed E-state index contributed by atoms with van der Waals surface area (Å²) in [6.07, 6.45) is -0.882. The van der Waals surface area contributed by atoms with E-state index in [1.54, 1.807) is 43.3 Å². The van der Waals surface area contributed by atoms with E-state index in [4.69, 9.17) is 9.47 Å². The first-order chi connectivity index (χ1) is 17.0. The molecule has 1 unspecified atom stereocenters. The Bertz CT molecular complexity index is 1470. The van der Waals surface area contributed by atoms with E-state index in [-0.39, 0.29) is 31.9 Å². The molecule has 36 heavy (non-hydrogen) atoms. The highest BCUT2D eigenvalue weighted by Gasteiger charge is 2.56. The number of ether oxygens (including phenoxy) is 2. The molecule has 0 aromatic heterocycles. The summed E-state index contributed by atoms with van der Waals surface area (Å²) >= 11 is 0. The number of carbonyl (C=O) groups excluding carboxylic acids is 2. The quantitative estimate of drug-likeness (QED) is 0.410. The van der Waals surface area contributed by atoms with Gasteiger partial charge in [-0.2, -0.15) is 0 Å². The Hall–Kier alpha value is -3.24. The van der Waals surface area contributed by atoms with Crippen LogP contribution in [0.1, 0.15) is 26.2 Å². The van der Waals surface area contributed by atoms with Gasteiger partial charge in [0, 0.05) is 12.8 Å². The second-order valence-corrected chi connectivity index (χ2v) is 12.8. The minimum absolute atomic E-state index is 0.0237. The molecule has 2 aromatic carbocycles. The monoisotopic (exact) mass is 530 g/mol. The van der Waals surface area contributed by atoms with Crippen LogP contribution in [0.15, 0.2) is 91.4 Å².